The summed E-state index contributed by atoms with van der Waals surface area (Å²) in [5.41, 5.74) is 10.1. The van der Waals surface area contributed by atoms with Crippen LogP contribution in [0.3, 0.4) is 0 Å². The van der Waals surface area contributed by atoms with Gasteiger partial charge < -0.3 is 15.8 Å². The van der Waals surface area contributed by atoms with Crippen LogP contribution in [-0.4, -0.2) is 20.9 Å². The third kappa shape index (κ3) is 7.01. The first kappa shape index (κ1) is 29.6. The van der Waals surface area contributed by atoms with Gasteiger partial charge >= 0.3 is 6.11 Å². The summed E-state index contributed by atoms with van der Waals surface area (Å²) in [5.74, 6) is 1.01. The Labute approximate surface area is 242 Å². The summed E-state index contributed by atoms with van der Waals surface area (Å²) in [6.07, 6.45) is 3.19. The Hall–Kier alpha value is -3.43. The third-order valence-corrected chi connectivity index (χ3v) is 8.08. The van der Waals surface area contributed by atoms with Crippen LogP contribution in [0.2, 0.25) is 5.02 Å². The van der Waals surface area contributed by atoms with E-state index in [4.69, 9.17) is 22.1 Å². The van der Waals surface area contributed by atoms with E-state index < -0.39 is 12.5 Å². The largest absolute Gasteiger partial charge is 0.430 e. The molecule has 212 valence electrons. The highest BCUT2D eigenvalue weighted by atomic mass is 35.5. The minimum Gasteiger partial charge on any atom is -0.430 e. The van der Waals surface area contributed by atoms with Crippen molar-refractivity contribution in [1.29, 1.82) is 0 Å². The van der Waals surface area contributed by atoms with Gasteiger partial charge in [0, 0.05) is 16.3 Å². The number of allylic oxidation sites excluding steroid dienone is 1. The van der Waals surface area contributed by atoms with Gasteiger partial charge in [-0.15, -0.1) is 16.4 Å². The molecule has 40 heavy (non-hydrogen) atoms. The number of benzene rings is 2. The fraction of sp³-hybridized carbons (Fsp3) is 0.333. The van der Waals surface area contributed by atoms with E-state index in [9.17, 15) is 8.78 Å². The van der Waals surface area contributed by atoms with Gasteiger partial charge in [0.05, 0.1) is 17.0 Å². The van der Waals surface area contributed by atoms with Gasteiger partial charge in [-0.05, 0) is 55.0 Å². The summed E-state index contributed by atoms with van der Waals surface area (Å²) >= 11 is 7.57. The number of aromatic nitrogens is 3. The van der Waals surface area contributed by atoms with Gasteiger partial charge in [-0.3, -0.25) is 0 Å². The molecular weight excluding hydrogens is 552 g/mol. The van der Waals surface area contributed by atoms with E-state index in [0.29, 0.717) is 17.2 Å². The van der Waals surface area contributed by atoms with E-state index in [2.05, 4.69) is 35.3 Å². The van der Waals surface area contributed by atoms with Crippen LogP contribution >= 0.6 is 22.9 Å². The number of halogens is 3. The number of ether oxygens (including phenoxy) is 1. The third-order valence-electron chi connectivity index (χ3n) is 6.46. The Morgan fingerprint density at radius 1 is 1.25 bits per heavy atom. The molecule has 2 aromatic heterocycles. The fourth-order valence-electron chi connectivity index (χ4n) is 4.54. The Morgan fingerprint density at radius 3 is 2.75 bits per heavy atom. The lowest BCUT2D eigenvalue weighted by molar-refractivity contribution is -0.158. The van der Waals surface area contributed by atoms with Crippen molar-refractivity contribution >= 4 is 40.3 Å². The second-order valence-electron chi connectivity index (χ2n) is 9.72. The van der Waals surface area contributed by atoms with Crippen LogP contribution in [0.1, 0.15) is 67.5 Å². The molecule has 0 radical (unpaired) electrons. The van der Waals surface area contributed by atoms with Gasteiger partial charge in [0.2, 0.25) is 5.95 Å². The van der Waals surface area contributed by atoms with E-state index in [0.717, 1.165) is 32.6 Å². The summed E-state index contributed by atoms with van der Waals surface area (Å²) in [5, 5.41) is 9.13. The van der Waals surface area contributed by atoms with Gasteiger partial charge in [0.25, 0.3) is 0 Å². The number of aryl methyl sites for hydroxylation is 1. The molecule has 2 aromatic carbocycles. The Kier molecular flexibility index (Phi) is 9.48. The van der Waals surface area contributed by atoms with Crippen molar-refractivity contribution in [2.24, 2.45) is 5.73 Å². The molecule has 0 aliphatic carbocycles. The average molecular weight is 586 g/mol. The predicted octanol–water partition coefficient (Wildman–Crippen LogP) is 8.86. The number of nitrogens with two attached hydrogens (primary N) is 1. The smallest absolute Gasteiger partial charge is 0.402 e. The summed E-state index contributed by atoms with van der Waals surface area (Å²) in [6.45, 7) is 8.45. The highest BCUT2D eigenvalue weighted by Gasteiger charge is 2.41. The topological polar surface area (TPSA) is 78.0 Å². The molecule has 1 aliphatic heterocycles. The molecule has 1 aliphatic rings. The van der Waals surface area contributed by atoms with Crippen LogP contribution in [0.4, 0.5) is 20.4 Å². The molecule has 0 fully saturated rings. The lowest BCUT2D eigenvalue weighted by Crippen LogP contribution is -2.20. The molecule has 1 unspecified atom stereocenters. The lowest BCUT2D eigenvalue weighted by Gasteiger charge is -2.11. The van der Waals surface area contributed by atoms with Crippen molar-refractivity contribution in [3.05, 3.63) is 87.5 Å². The van der Waals surface area contributed by atoms with Gasteiger partial charge in [0.15, 0.2) is 5.75 Å². The number of para-hydroxylation sites is 1. The monoisotopic (exact) mass is 585 g/mol. The highest BCUT2D eigenvalue weighted by molar-refractivity contribution is 7.15. The molecule has 0 saturated heterocycles. The van der Waals surface area contributed by atoms with E-state index in [1.807, 2.05) is 44.2 Å². The van der Waals surface area contributed by atoms with E-state index in [1.165, 1.54) is 29.7 Å². The molecule has 10 heteroatoms. The van der Waals surface area contributed by atoms with Gasteiger partial charge in [-0.1, -0.05) is 75.2 Å². The zero-order valence-electron chi connectivity index (χ0n) is 23.0. The van der Waals surface area contributed by atoms with Crippen LogP contribution in [0.5, 0.6) is 5.75 Å². The van der Waals surface area contributed by atoms with Crippen molar-refractivity contribution in [2.45, 2.75) is 65.4 Å². The number of anilines is 2. The van der Waals surface area contributed by atoms with E-state index in [-0.39, 0.29) is 11.7 Å². The first-order valence-electron chi connectivity index (χ1n) is 13.3. The Bertz CT molecular complexity index is 1480. The molecule has 0 bridgehead atoms. The molecule has 3 heterocycles. The van der Waals surface area contributed by atoms with Crippen molar-refractivity contribution in [3.63, 3.8) is 0 Å². The zero-order valence-corrected chi connectivity index (χ0v) is 24.6. The second-order valence-corrected chi connectivity index (χ2v) is 11.2. The molecule has 0 amide bonds. The fourth-order valence-corrected chi connectivity index (χ4v) is 5.91. The van der Waals surface area contributed by atoms with Gasteiger partial charge in [0.1, 0.15) is 11.3 Å². The number of nitrogens with zero attached hydrogens (tertiary/aromatic N) is 3. The summed E-state index contributed by atoms with van der Waals surface area (Å²) in [6, 6.07) is 15.1. The first-order chi connectivity index (χ1) is 19.1. The predicted molar refractivity (Wildman–Crippen MR) is 160 cm³/mol. The SMILES string of the molecule is CC/C=C(/N)c1sc(-n2cnc(Nc3cccc4c3OC(F)(F)C4)n2)cc1C.CCCC(C)c1ccccc1Cl. The molecule has 5 rings (SSSR count). The number of nitrogens with one attached hydrogen (secondary N) is 1. The standard InChI is InChI=1S/C19H19F2N5OS.C11H15Cl/c1-3-5-13(22)17-11(2)8-15(28-17)26-10-23-18(25-26)24-14-7-4-6-12-9-19(20,21)27-16(12)14;1-3-6-9(2)10-7-4-5-8-11(10)12/h4-8,10H,3,9,22H2,1-2H3,(H,24,25);4-5,7-9H,3,6H2,1-2H3/b13-5+;. The van der Waals surface area contributed by atoms with Crippen LogP contribution in [0, 0.1) is 6.92 Å². The number of rotatable bonds is 8. The van der Waals surface area contributed by atoms with Gasteiger partial charge in [-0.25, -0.2) is 4.68 Å². The minimum atomic E-state index is -3.19. The van der Waals surface area contributed by atoms with Gasteiger partial charge in [-0.2, -0.15) is 13.8 Å². The maximum Gasteiger partial charge on any atom is 0.402 e. The van der Waals surface area contributed by atoms with Crippen LogP contribution in [0.25, 0.3) is 10.7 Å². The average Bonchev–Trinajstić information content (AvgIpc) is 3.61. The van der Waals surface area contributed by atoms with Crippen molar-refractivity contribution in [2.75, 3.05) is 5.32 Å². The quantitative estimate of drug-likeness (QED) is 0.216. The molecule has 0 spiro atoms. The molecule has 0 saturated carbocycles. The van der Waals surface area contributed by atoms with Crippen molar-refractivity contribution < 1.29 is 13.5 Å². The Balaban J connectivity index is 0.000000259. The Morgan fingerprint density at radius 2 is 2.02 bits per heavy atom. The van der Waals surface area contributed by atoms with Crippen LogP contribution in [0.15, 0.2) is 60.9 Å². The number of fused-ring (bicyclic) bond motifs is 1. The van der Waals surface area contributed by atoms with Crippen molar-refractivity contribution in [3.8, 4) is 10.8 Å². The lowest BCUT2D eigenvalue weighted by atomic mass is 9.97. The highest BCUT2D eigenvalue weighted by Crippen LogP contribution is 2.42. The first-order valence-corrected chi connectivity index (χ1v) is 14.5. The number of hydrogen-bond acceptors (Lipinski definition) is 6. The second kappa shape index (κ2) is 12.8. The summed E-state index contributed by atoms with van der Waals surface area (Å²) < 4.78 is 33.5. The maximum atomic E-state index is 13.5. The zero-order chi connectivity index (χ0) is 28.9. The number of hydrogen-bond donors (Lipinski definition) is 2. The van der Waals surface area contributed by atoms with E-state index in [1.54, 1.807) is 29.2 Å². The summed E-state index contributed by atoms with van der Waals surface area (Å²) in [7, 11) is 0. The molecular formula is C30H34ClF2N5OS. The number of thiophene rings is 1. The normalized spacial score (nSPS) is 14.6. The van der Waals surface area contributed by atoms with Crippen molar-refractivity contribution in [1.82, 2.24) is 14.8 Å². The summed E-state index contributed by atoms with van der Waals surface area (Å²) in [4.78, 5) is 5.23. The maximum absolute atomic E-state index is 13.5. The molecule has 3 N–H and O–H groups in total. The number of alkyl halides is 2. The van der Waals surface area contributed by atoms with Crippen LogP contribution in [-0.2, 0) is 6.42 Å². The molecule has 4 aromatic rings. The van der Waals surface area contributed by atoms with E-state index >= 15 is 0 Å². The van der Waals surface area contributed by atoms with Crippen LogP contribution < -0.4 is 15.8 Å². The molecule has 1 atom stereocenters. The minimum absolute atomic E-state index is 0.135. The molecule has 6 nitrogen and oxygen atoms in total.